The van der Waals surface area contributed by atoms with Crippen LogP contribution in [0.3, 0.4) is 0 Å². The van der Waals surface area contributed by atoms with Crippen molar-refractivity contribution >= 4 is 17.2 Å². The van der Waals surface area contributed by atoms with Crippen LogP contribution in [0, 0.1) is 26.2 Å². The summed E-state index contributed by atoms with van der Waals surface area (Å²) >= 11 is 0. The highest BCUT2D eigenvalue weighted by Gasteiger charge is 2.39. The number of rotatable bonds is 4. The van der Waals surface area contributed by atoms with Crippen molar-refractivity contribution < 1.29 is 13.8 Å². The second kappa shape index (κ2) is 7.22. The molecule has 3 heterocycles. The van der Waals surface area contributed by atoms with Crippen molar-refractivity contribution in [1.29, 1.82) is 0 Å². The van der Waals surface area contributed by atoms with Crippen LogP contribution < -0.4 is 5.32 Å². The van der Waals surface area contributed by atoms with E-state index in [0.717, 1.165) is 40.4 Å². The Labute approximate surface area is 186 Å². The molecule has 0 bridgehead atoms. The second-order valence-corrected chi connectivity index (χ2v) is 9.31. The topological polar surface area (TPSA) is 86.1 Å². The van der Waals surface area contributed by atoms with Crippen LogP contribution in [0.4, 0.5) is 11.4 Å². The molecule has 0 unspecified atom stereocenters. The Balaban J connectivity index is 1.86. The number of ketones is 1. The SMILES string of the molecule is Cc1cc(-n2c3c(c(Nc4c(C)noc4C)c2-c2ccccc2)C(=O)CC(C)(C)C3)no1. The number of fused-ring (bicyclic) bond motifs is 1. The van der Waals surface area contributed by atoms with Gasteiger partial charge in [-0.1, -0.05) is 54.5 Å². The average Bonchev–Trinajstić information content (AvgIpc) is 3.39. The fraction of sp³-hybridized carbons (Fsp3) is 0.320. The van der Waals surface area contributed by atoms with E-state index in [-0.39, 0.29) is 11.2 Å². The van der Waals surface area contributed by atoms with E-state index >= 15 is 0 Å². The number of nitrogens with zero attached hydrogens (tertiary/aromatic N) is 3. The van der Waals surface area contributed by atoms with Gasteiger partial charge in [0.1, 0.15) is 17.1 Å². The summed E-state index contributed by atoms with van der Waals surface area (Å²) in [5.41, 5.74) is 5.59. The van der Waals surface area contributed by atoms with E-state index in [0.29, 0.717) is 29.3 Å². The molecule has 0 aliphatic heterocycles. The minimum absolute atomic E-state index is 0.113. The molecule has 3 aromatic heterocycles. The first-order chi connectivity index (χ1) is 15.2. The first-order valence-electron chi connectivity index (χ1n) is 10.7. The summed E-state index contributed by atoms with van der Waals surface area (Å²) in [6.45, 7) is 9.87. The van der Waals surface area contributed by atoms with E-state index < -0.39 is 0 Å². The quantitative estimate of drug-likeness (QED) is 0.431. The number of aromatic nitrogens is 3. The fourth-order valence-corrected chi connectivity index (χ4v) is 4.62. The first-order valence-corrected chi connectivity index (χ1v) is 10.7. The minimum Gasteiger partial charge on any atom is -0.360 e. The van der Waals surface area contributed by atoms with Gasteiger partial charge in [-0.05, 0) is 32.6 Å². The van der Waals surface area contributed by atoms with Gasteiger partial charge in [-0.2, -0.15) is 0 Å². The summed E-state index contributed by atoms with van der Waals surface area (Å²) in [4.78, 5) is 13.5. The molecule has 32 heavy (non-hydrogen) atoms. The molecule has 4 aromatic rings. The van der Waals surface area contributed by atoms with Crippen LogP contribution in [0.15, 0.2) is 45.4 Å². The zero-order valence-corrected chi connectivity index (χ0v) is 18.9. The van der Waals surface area contributed by atoms with Crippen molar-refractivity contribution in [1.82, 2.24) is 14.9 Å². The number of aryl methyl sites for hydroxylation is 3. The lowest BCUT2D eigenvalue weighted by atomic mass is 9.76. The molecule has 1 aliphatic carbocycles. The maximum absolute atomic E-state index is 13.5. The molecule has 7 heteroatoms. The highest BCUT2D eigenvalue weighted by molar-refractivity contribution is 6.08. The van der Waals surface area contributed by atoms with Crippen molar-refractivity contribution in [2.24, 2.45) is 5.41 Å². The van der Waals surface area contributed by atoms with E-state index in [2.05, 4.69) is 34.0 Å². The summed E-state index contributed by atoms with van der Waals surface area (Å²) in [6, 6.07) is 11.9. The predicted octanol–water partition coefficient (Wildman–Crippen LogP) is 5.94. The standard InChI is InChI=1S/C25H26N4O3/c1-14-11-20(28-31-14)29-18-12-25(4,5)13-19(30)21(18)23(24(29)17-9-7-6-8-10-17)26-22-15(2)27-32-16(22)3/h6-11,26H,12-13H2,1-5H3. The lowest BCUT2D eigenvalue weighted by Crippen LogP contribution is -2.28. The molecule has 0 saturated heterocycles. The molecule has 0 saturated carbocycles. The van der Waals surface area contributed by atoms with Crippen molar-refractivity contribution in [3.05, 3.63) is 64.9 Å². The van der Waals surface area contributed by atoms with Crippen molar-refractivity contribution in [3.8, 4) is 17.1 Å². The zero-order valence-electron chi connectivity index (χ0n) is 18.9. The maximum atomic E-state index is 13.5. The fourth-order valence-electron chi connectivity index (χ4n) is 4.62. The number of hydrogen-bond acceptors (Lipinski definition) is 6. The molecule has 1 aliphatic rings. The lowest BCUT2D eigenvalue weighted by Gasteiger charge is -2.29. The van der Waals surface area contributed by atoms with Crippen LogP contribution in [0.25, 0.3) is 17.1 Å². The van der Waals surface area contributed by atoms with Gasteiger partial charge < -0.3 is 14.4 Å². The summed E-state index contributed by atoms with van der Waals surface area (Å²) in [6.07, 6.45) is 1.22. The number of hydrogen-bond donors (Lipinski definition) is 1. The Bertz CT molecular complexity index is 1310. The Hall–Kier alpha value is -3.61. The molecule has 0 radical (unpaired) electrons. The van der Waals surface area contributed by atoms with Crippen molar-refractivity contribution in [2.45, 2.75) is 47.5 Å². The summed E-state index contributed by atoms with van der Waals surface area (Å²) in [5, 5.41) is 11.9. The van der Waals surface area contributed by atoms with Crippen LogP contribution in [0.2, 0.25) is 0 Å². The van der Waals surface area contributed by atoms with Gasteiger partial charge >= 0.3 is 0 Å². The molecular formula is C25H26N4O3. The number of carbonyl (C=O) groups is 1. The van der Waals surface area contributed by atoms with Crippen molar-refractivity contribution in [3.63, 3.8) is 0 Å². The van der Waals surface area contributed by atoms with Gasteiger partial charge in [0.2, 0.25) is 0 Å². The molecule has 1 aromatic carbocycles. The van der Waals surface area contributed by atoms with Gasteiger partial charge in [0.05, 0.1) is 16.9 Å². The highest BCUT2D eigenvalue weighted by Crippen LogP contribution is 2.47. The van der Waals surface area contributed by atoms with E-state index in [1.807, 2.05) is 57.2 Å². The highest BCUT2D eigenvalue weighted by atomic mass is 16.5. The van der Waals surface area contributed by atoms with Crippen LogP contribution in [0.1, 0.15) is 53.5 Å². The smallest absolute Gasteiger partial charge is 0.181 e. The molecule has 5 rings (SSSR count). The molecule has 0 amide bonds. The third-order valence-corrected chi connectivity index (χ3v) is 6.01. The number of anilines is 2. The average molecular weight is 431 g/mol. The molecule has 164 valence electrons. The van der Waals surface area contributed by atoms with E-state index in [1.165, 1.54) is 0 Å². The van der Waals surface area contributed by atoms with Gasteiger partial charge in [0.15, 0.2) is 17.4 Å². The third-order valence-electron chi connectivity index (χ3n) is 6.01. The van der Waals surface area contributed by atoms with Gasteiger partial charge in [-0.3, -0.25) is 9.36 Å². The van der Waals surface area contributed by atoms with E-state index in [4.69, 9.17) is 9.05 Å². The van der Waals surface area contributed by atoms with Gasteiger partial charge in [0.25, 0.3) is 0 Å². The lowest BCUT2D eigenvalue weighted by molar-refractivity contribution is 0.0911. The van der Waals surface area contributed by atoms with Crippen LogP contribution in [-0.2, 0) is 6.42 Å². The van der Waals surface area contributed by atoms with Gasteiger partial charge in [0, 0.05) is 23.7 Å². The Morgan fingerprint density at radius 1 is 1.00 bits per heavy atom. The monoisotopic (exact) mass is 430 g/mol. The molecule has 1 N–H and O–H groups in total. The molecule has 0 spiro atoms. The first kappa shape index (κ1) is 20.3. The zero-order chi connectivity index (χ0) is 22.6. The Morgan fingerprint density at radius 2 is 1.75 bits per heavy atom. The molecular weight excluding hydrogens is 404 g/mol. The molecule has 0 atom stereocenters. The largest absolute Gasteiger partial charge is 0.360 e. The number of Topliss-reactive ketones (excluding diaryl/α,β-unsaturated/α-hetero) is 1. The summed E-state index contributed by atoms with van der Waals surface area (Å²) in [5.74, 6) is 2.16. The van der Waals surface area contributed by atoms with E-state index in [1.54, 1.807) is 0 Å². The third kappa shape index (κ3) is 3.25. The Morgan fingerprint density at radius 3 is 2.38 bits per heavy atom. The molecule has 0 fully saturated rings. The molecule has 7 nitrogen and oxygen atoms in total. The maximum Gasteiger partial charge on any atom is 0.181 e. The Kier molecular flexibility index (Phi) is 4.58. The summed E-state index contributed by atoms with van der Waals surface area (Å²) in [7, 11) is 0. The minimum atomic E-state index is -0.159. The van der Waals surface area contributed by atoms with Gasteiger partial charge in [-0.25, -0.2) is 0 Å². The van der Waals surface area contributed by atoms with Crippen molar-refractivity contribution in [2.75, 3.05) is 5.32 Å². The number of nitrogens with one attached hydrogen (secondary N) is 1. The van der Waals surface area contributed by atoms with Crippen LogP contribution in [-0.4, -0.2) is 20.7 Å². The number of carbonyl (C=O) groups excluding carboxylic acids is 1. The van der Waals surface area contributed by atoms with E-state index in [9.17, 15) is 4.79 Å². The van der Waals surface area contributed by atoms with Crippen LogP contribution in [0.5, 0.6) is 0 Å². The van der Waals surface area contributed by atoms with Gasteiger partial charge in [-0.15, -0.1) is 0 Å². The van der Waals surface area contributed by atoms with Crippen LogP contribution >= 0.6 is 0 Å². The number of benzene rings is 1. The normalized spacial score (nSPS) is 15.1. The predicted molar refractivity (Wildman–Crippen MR) is 122 cm³/mol. The second-order valence-electron chi connectivity index (χ2n) is 9.31. The summed E-state index contributed by atoms with van der Waals surface area (Å²) < 4.78 is 12.9.